The van der Waals surface area contributed by atoms with Gasteiger partial charge in [0.1, 0.15) is 17.1 Å². The Labute approximate surface area is 148 Å². The number of nitrogens with zero attached hydrogens (tertiary/aromatic N) is 2. The van der Waals surface area contributed by atoms with Crippen LogP contribution in [0, 0.1) is 5.82 Å². The molecule has 0 saturated heterocycles. The minimum atomic E-state index is -4.62. The fourth-order valence-electron chi connectivity index (χ4n) is 2.57. The lowest BCUT2D eigenvalue weighted by molar-refractivity contribution is -0.0903. The molecule has 3 N–H and O–H groups in total. The first-order chi connectivity index (χ1) is 11.8. The van der Waals surface area contributed by atoms with Crippen LogP contribution >= 0.6 is 0 Å². The summed E-state index contributed by atoms with van der Waals surface area (Å²) < 4.78 is 78.2. The van der Waals surface area contributed by atoms with E-state index in [9.17, 15) is 26.0 Å². The Morgan fingerprint density at radius 1 is 1.42 bits per heavy atom. The normalized spacial score (nSPS) is 23.6. The van der Waals surface area contributed by atoms with Crippen LogP contribution in [0.1, 0.15) is 19.4 Å². The van der Waals surface area contributed by atoms with E-state index in [-0.39, 0.29) is 17.2 Å². The van der Waals surface area contributed by atoms with E-state index in [2.05, 4.69) is 10.3 Å². The van der Waals surface area contributed by atoms with Crippen molar-refractivity contribution in [2.45, 2.75) is 25.6 Å². The van der Waals surface area contributed by atoms with Gasteiger partial charge in [0.2, 0.25) is 16.0 Å². The average Bonchev–Trinajstić information content (AvgIpc) is 2.50. The zero-order chi connectivity index (χ0) is 19.9. The monoisotopic (exact) mass is 394 g/mol. The van der Waals surface area contributed by atoms with Gasteiger partial charge in [-0.25, -0.2) is 22.1 Å². The molecule has 0 saturated carbocycles. The number of nitrogens with one attached hydrogen (secondary N) is 1. The van der Waals surface area contributed by atoms with Gasteiger partial charge in [-0.3, -0.25) is 0 Å². The molecule has 0 unspecified atom stereocenters. The Bertz CT molecular complexity index is 880. The van der Waals surface area contributed by atoms with Crippen molar-refractivity contribution in [2.24, 2.45) is 10.7 Å². The van der Waals surface area contributed by atoms with E-state index in [0.717, 1.165) is 28.6 Å². The van der Waals surface area contributed by atoms with Crippen LogP contribution in [0.2, 0.25) is 0 Å². The molecule has 1 aliphatic heterocycles. The minimum Gasteiger partial charge on any atom is -0.369 e. The van der Waals surface area contributed by atoms with E-state index in [1.165, 1.54) is 20.9 Å². The molecule has 11 heteroatoms. The number of allylic oxidation sites excluding steroid dienone is 2. The number of sulfonamides is 1. The summed E-state index contributed by atoms with van der Waals surface area (Å²) in [5.74, 6) is -1.71. The molecule has 0 bridgehead atoms. The molecule has 1 aromatic carbocycles. The predicted octanol–water partition coefficient (Wildman–Crippen LogP) is 2.51. The summed E-state index contributed by atoms with van der Waals surface area (Å²) in [5.41, 5.74) is 2.77. The van der Waals surface area contributed by atoms with Crippen molar-refractivity contribution in [2.75, 3.05) is 18.1 Å². The Hall–Kier alpha value is -2.30. The van der Waals surface area contributed by atoms with Gasteiger partial charge in [-0.15, -0.1) is 0 Å². The first kappa shape index (κ1) is 20.0. The minimum absolute atomic E-state index is 0.0573. The van der Waals surface area contributed by atoms with Gasteiger partial charge in [0.05, 0.1) is 5.75 Å². The van der Waals surface area contributed by atoms with E-state index in [1.54, 1.807) is 0 Å². The summed E-state index contributed by atoms with van der Waals surface area (Å²) in [7, 11) is -2.64. The molecule has 26 heavy (non-hydrogen) atoms. The Morgan fingerprint density at radius 2 is 2.04 bits per heavy atom. The van der Waals surface area contributed by atoms with E-state index in [0.29, 0.717) is 0 Å². The van der Waals surface area contributed by atoms with Crippen molar-refractivity contribution in [1.82, 2.24) is 4.31 Å². The highest BCUT2D eigenvalue weighted by Gasteiger charge is 2.42. The molecule has 6 nitrogen and oxygen atoms in total. The Morgan fingerprint density at radius 3 is 2.54 bits per heavy atom. The molecular formula is C15H18F4N4O2S. The van der Waals surface area contributed by atoms with Gasteiger partial charge in [-0.05, 0) is 32.0 Å². The van der Waals surface area contributed by atoms with Crippen molar-refractivity contribution < 1.29 is 26.0 Å². The summed E-state index contributed by atoms with van der Waals surface area (Å²) in [6.07, 6.45) is -3.78. The highest BCUT2D eigenvalue weighted by Crippen LogP contribution is 2.35. The van der Waals surface area contributed by atoms with Crippen molar-refractivity contribution >= 4 is 21.7 Å². The van der Waals surface area contributed by atoms with Crippen LogP contribution in [-0.2, 0) is 15.6 Å². The number of guanidine groups is 1. The number of nitrogens with two attached hydrogens (primary N) is 1. The standard InChI is InChI=1S/C15H18F4N4O2S/c1-4-12(15(17,18)19)21-9-5-6-11(16)10(7-9)14(2)8-26(24,25)23(3)13(20)22-14/h4-7,21H,8H2,1-3H3,(H2,20,22)/b12-4-/t14-/m0/s1. The largest absolute Gasteiger partial charge is 0.430 e. The van der Waals surface area contributed by atoms with Gasteiger partial charge in [0, 0.05) is 18.3 Å². The number of hydrogen-bond acceptors (Lipinski definition) is 5. The maximum absolute atomic E-state index is 14.3. The number of alkyl halides is 3. The lowest BCUT2D eigenvalue weighted by Gasteiger charge is -2.34. The van der Waals surface area contributed by atoms with Crippen molar-refractivity contribution in [3.05, 3.63) is 41.4 Å². The van der Waals surface area contributed by atoms with Crippen molar-refractivity contribution in [3.8, 4) is 0 Å². The third kappa shape index (κ3) is 3.76. The fourth-order valence-corrected chi connectivity index (χ4v) is 4.02. The second-order valence-electron chi connectivity index (χ2n) is 5.99. The van der Waals surface area contributed by atoms with Gasteiger partial charge < -0.3 is 11.1 Å². The second kappa shape index (κ2) is 6.45. The molecule has 0 amide bonds. The van der Waals surface area contributed by atoms with E-state index in [1.807, 2.05) is 0 Å². The molecule has 1 aliphatic rings. The number of benzene rings is 1. The Balaban J connectivity index is 2.51. The maximum Gasteiger partial charge on any atom is 0.430 e. The summed E-state index contributed by atoms with van der Waals surface area (Å²) >= 11 is 0. The predicted molar refractivity (Wildman–Crippen MR) is 90.4 cm³/mol. The van der Waals surface area contributed by atoms with E-state index >= 15 is 0 Å². The molecule has 1 atom stereocenters. The topological polar surface area (TPSA) is 87.8 Å². The first-order valence-electron chi connectivity index (χ1n) is 7.42. The Kier molecular flexibility index (Phi) is 4.97. The molecule has 0 spiro atoms. The highest BCUT2D eigenvalue weighted by molar-refractivity contribution is 7.89. The molecule has 2 rings (SSSR count). The van der Waals surface area contributed by atoms with Crippen LogP contribution in [0.25, 0.3) is 0 Å². The zero-order valence-corrected chi connectivity index (χ0v) is 15.0. The molecule has 1 heterocycles. The quantitative estimate of drug-likeness (QED) is 0.772. The number of halogens is 4. The molecule has 144 valence electrons. The lowest BCUT2D eigenvalue weighted by Crippen LogP contribution is -2.50. The van der Waals surface area contributed by atoms with Crippen LogP contribution in [0.5, 0.6) is 0 Å². The van der Waals surface area contributed by atoms with Crippen LogP contribution < -0.4 is 11.1 Å². The lowest BCUT2D eigenvalue weighted by atomic mass is 9.93. The van der Waals surface area contributed by atoms with E-state index < -0.39 is 39.0 Å². The first-order valence-corrected chi connectivity index (χ1v) is 9.03. The smallest absolute Gasteiger partial charge is 0.369 e. The highest BCUT2D eigenvalue weighted by atomic mass is 32.2. The van der Waals surface area contributed by atoms with Gasteiger partial charge >= 0.3 is 6.18 Å². The molecule has 0 aromatic heterocycles. The zero-order valence-electron chi connectivity index (χ0n) is 14.2. The van der Waals surface area contributed by atoms with Crippen LogP contribution in [0.3, 0.4) is 0 Å². The number of hydrogen-bond donors (Lipinski definition) is 2. The molecule has 1 aromatic rings. The fraction of sp³-hybridized carbons (Fsp3) is 0.400. The molecule has 0 fully saturated rings. The number of aliphatic imine (C=N–C) groups is 1. The van der Waals surface area contributed by atoms with Crippen LogP contribution in [0.4, 0.5) is 23.2 Å². The molecule has 0 aliphatic carbocycles. The van der Waals surface area contributed by atoms with Crippen LogP contribution in [0.15, 0.2) is 35.0 Å². The summed E-state index contributed by atoms with van der Waals surface area (Å²) in [5, 5.41) is 2.16. The maximum atomic E-state index is 14.3. The van der Waals surface area contributed by atoms with Gasteiger partial charge in [0.15, 0.2) is 0 Å². The molecule has 0 radical (unpaired) electrons. The average molecular weight is 394 g/mol. The number of anilines is 1. The SMILES string of the molecule is C/C=C(\Nc1ccc(F)c([C@]2(C)CS(=O)(=O)N(C)C(N)=N2)c1)C(F)(F)F. The summed E-state index contributed by atoms with van der Waals surface area (Å²) in [4.78, 5) is 4.05. The van der Waals surface area contributed by atoms with Gasteiger partial charge in [-0.1, -0.05) is 6.08 Å². The second-order valence-corrected chi connectivity index (χ2v) is 7.99. The third-order valence-corrected chi connectivity index (χ3v) is 5.93. The molecular weight excluding hydrogens is 376 g/mol. The summed E-state index contributed by atoms with van der Waals surface area (Å²) in [6.45, 7) is 2.56. The van der Waals surface area contributed by atoms with Gasteiger partial charge in [-0.2, -0.15) is 13.2 Å². The van der Waals surface area contributed by atoms with Crippen molar-refractivity contribution in [1.29, 1.82) is 0 Å². The van der Waals surface area contributed by atoms with E-state index in [4.69, 9.17) is 5.73 Å². The van der Waals surface area contributed by atoms with Crippen LogP contribution in [-0.4, -0.2) is 37.7 Å². The summed E-state index contributed by atoms with van der Waals surface area (Å²) in [6, 6.07) is 3.17. The number of rotatable bonds is 3. The third-order valence-electron chi connectivity index (χ3n) is 3.98. The van der Waals surface area contributed by atoms with Gasteiger partial charge in [0.25, 0.3) is 0 Å². The van der Waals surface area contributed by atoms with Crippen molar-refractivity contribution in [3.63, 3.8) is 0 Å².